The molecule has 1 atom stereocenters. The van der Waals surface area contributed by atoms with Gasteiger partial charge >= 0.3 is 0 Å². The number of hydrogen-bond acceptors (Lipinski definition) is 4. The fraction of sp³-hybridized carbons (Fsp3) is 0.826. The van der Waals surface area contributed by atoms with Crippen LogP contribution in [0.15, 0.2) is 11.8 Å². The molecule has 0 aliphatic heterocycles. The first-order chi connectivity index (χ1) is 13.6. The monoisotopic (exact) mass is 387 g/mol. The average Bonchev–Trinajstić information content (AvgIpc) is 2.65. The Balaban J connectivity index is 1.44. The Kier molecular flexibility index (Phi) is 7.40. The Morgan fingerprint density at radius 2 is 1.79 bits per heavy atom. The molecule has 4 fully saturated rings. The molecule has 0 aromatic heterocycles. The summed E-state index contributed by atoms with van der Waals surface area (Å²) in [6.07, 6.45) is 12.6. The number of nitrogens with zero attached hydrogens (tertiary/aromatic N) is 1. The number of carbonyl (C=O) groups excluding carboxylic acids is 1. The van der Waals surface area contributed by atoms with Crippen LogP contribution in [-0.2, 0) is 9.53 Å². The van der Waals surface area contributed by atoms with Crippen LogP contribution in [0.3, 0.4) is 0 Å². The number of unbranched alkanes of at least 4 members (excludes halogenated alkanes) is 1. The zero-order valence-electron chi connectivity index (χ0n) is 17.6. The van der Waals surface area contributed by atoms with E-state index >= 15 is 0 Å². The predicted octanol–water partition coefficient (Wildman–Crippen LogP) is 3.91. The molecule has 0 saturated heterocycles. The van der Waals surface area contributed by atoms with Crippen LogP contribution in [-0.4, -0.2) is 31.7 Å². The molecule has 4 saturated carbocycles. The van der Waals surface area contributed by atoms with Gasteiger partial charge in [-0.3, -0.25) is 4.79 Å². The first kappa shape index (κ1) is 21.2. The molecular formula is C23H37N3O2. The number of ether oxygens (including phenoxy) is 1. The zero-order chi connectivity index (χ0) is 20.0. The summed E-state index contributed by atoms with van der Waals surface area (Å²) >= 11 is 0. The first-order valence-electron chi connectivity index (χ1n) is 11.3. The van der Waals surface area contributed by atoms with Crippen LogP contribution in [0.1, 0.15) is 71.6 Å². The fourth-order valence-electron chi connectivity index (χ4n) is 6.08. The fourth-order valence-corrected chi connectivity index (χ4v) is 6.08. The molecule has 4 rings (SSSR count). The van der Waals surface area contributed by atoms with Crippen molar-refractivity contribution in [1.82, 2.24) is 10.6 Å². The number of amides is 1. The molecule has 0 heterocycles. The van der Waals surface area contributed by atoms with Crippen molar-refractivity contribution < 1.29 is 9.53 Å². The lowest BCUT2D eigenvalue weighted by atomic mass is 9.48. The highest BCUT2D eigenvalue weighted by Crippen LogP contribution is 2.61. The number of hydrogen-bond donors (Lipinski definition) is 2. The lowest BCUT2D eigenvalue weighted by molar-refractivity contribution is -0.122. The maximum absolute atomic E-state index is 12.6. The maximum atomic E-state index is 12.6. The standard InChI is InChI=1S/C23H37N3O2/c1-3-4-7-28-8-5-6-25-16-21(15-24)22(27)26-17(2)23-12-18-9-19(13-23)11-20(10-18)14-23/h16-20,25H,3-14H2,1-2H3,(H,26,27)/b21-16-. The average molecular weight is 388 g/mol. The number of nitriles is 1. The normalized spacial score (nSPS) is 32.0. The van der Waals surface area contributed by atoms with Gasteiger partial charge in [0.25, 0.3) is 5.91 Å². The molecule has 4 aliphatic rings. The highest BCUT2D eigenvalue weighted by atomic mass is 16.5. The van der Waals surface area contributed by atoms with E-state index in [4.69, 9.17) is 4.74 Å². The maximum Gasteiger partial charge on any atom is 0.263 e. The van der Waals surface area contributed by atoms with Gasteiger partial charge in [0.1, 0.15) is 11.6 Å². The summed E-state index contributed by atoms with van der Waals surface area (Å²) in [5.41, 5.74) is 0.428. The van der Waals surface area contributed by atoms with Crippen molar-refractivity contribution in [1.29, 1.82) is 5.26 Å². The molecule has 0 aromatic rings. The summed E-state index contributed by atoms with van der Waals surface area (Å²) in [5.74, 6) is 2.34. The molecule has 0 aromatic carbocycles. The van der Waals surface area contributed by atoms with Gasteiger partial charge < -0.3 is 15.4 Å². The minimum Gasteiger partial charge on any atom is -0.390 e. The van der Waals surface area contributed by atoms with Crippen molar-refractivity contribution >= 4 is 5.91 Å². The van der Waals surface area contributed by atoms with Crippen molar-refractivity contribution in [3.05, 3.63) is 11.8 Å². The summed E-state index contributed by atoms with van der Waals surface area (Å²) in [6.45, 7) is 6.52. The van der Waals surface area contributed by atoms with Gasteiger partial charge in [0.15, 0.2) is 0 Å². The molecule has 156 valence electrons. The second kappa shape index (κ2) is 9.78. The van der Waals surface area contributed by atoms with E-state index in [0.29, 0.717) is 13.2 Å². The molecule has 1 amide bonds. The van der Waals surface area contributed by atoms with Gasteiger partial charge in [0, 0.05) is 32.0 Å². The second-order valence-electron chi connectivity index (χ2n) is 9.42. The van der Waals surface area contributed by atoms with Crippen LogP contribution in [0.5, 0.6) is 0 Å². The van der Waals surface area contributed by atoms with Crippen LogP contribution >= 0.6 is 0 Å². The molecule has 0 spiro atoms. The molecule has 5 heteroatoms. The van der Waals surface area contributed by atoms with Gasteiger partial charge in [-0.15, -0.1) is 0 Å². The number of carbonyl (C=O) groups is 1. The van der Waals surface area contributed by atoms with Crippen LogP contribution in [0, 0.1) is 34.5 Å². The van der Waals surface area contributed by atoms with Crippen molar-refractivity contribution in [2.45, 2.75) is 77.7 Å². The van der Waals surface area contributed by atoms with E-state index in [1.807, 2.05) is 0 Å². The summed E-state index contributed by atoms with van der Waals surface area (Å²) < 4.78 is 5.52. The lowest BCUT2D eigenvalue weighted by Crippen LogP contribution is -2.56. The number of nitrogens with one attached hydrogen (secondary N) is 2. The Morgan fingerprint density at radius 3 is 2.36 bits per heavy atom. The highest BCUT2D eigenvalue weighted by Gasteiger charge is 2.53. The Labute approximate surface area is 170 Å². The van der Waals surface area contributed by atoms with Crippen LogP contribution in [0.25, 0.3) is 0 Å². The molecule has 2 N–H and O–H groups in total. The smallest absolute Gasteiger partial charge is 0.263 e. The van der Waals surface area contributed by atoms with Gasteiger partial charge in [-0.2, -0.15) is 5.26 Å². The largest absolute Gasteiger partial charge is 0.390 e. The van der Waals surface area contributed by atoms with E-state index < -0.39 is 0 Å². The van der Waals surface area contributed by atoms with E-state index in [0.717, 1.165) is 43.6 Å². The van der Waals surface area contributed by atoms with Gasteiger partial charge in [-0.05, 0) is 81.5 Å². The summed E-state index contributed by atoms with van der Waals surface area (Å²) in [5, 5.41) is 15.7. The van der Waals surface area contributed by atoms with Gasteiger partial charge in [0.2, 0.25) is 0 Å². The van der Waals surface area contributed by atoms with Crippen molar-refractivity contribution in [2.24, 2.45) is 23.2 Å². The Hall–Kier alpha value is -1.54. The Bertz CT molecular complexity index is 572. The van der Waals surface area contributed by atoms with Gasteiger partial charge in [-0.25, -0.2) is 0 Å². The topological polar surface area (TPSA) is 74.1 Å². The van der Waals surface area contributed by atoms with E-state index in [1.165, 1.54) is 38.5 Å². The van der Waals surface area contributed by atoms with Crippen LogP contribution < -0.4 is 10.6 Å². The van der Waals surface area contributed by atoms with E-state index in [2.05, 4.69) is 30.6 Å². The first-order valence-corrected chi connectivity index (χ1v) is 11.3. The minimum atomic E-state index is -0.238. The lowest BCUT2D eigenvalue weighted by Gasteiger charge is -2.59. The third kappa shape index (κ3) is 5.08. The molecule has 4 bridgehead atoms. The van der Waals surface area contributed by atoms with Crippen molar-refractivity contribution in [2.75, 3.05) is 19.8 Å². The molecule has 5 nitrogen and oxygen atoms in total. The second-order valence-corrected chi connectivity index (χ2v) is 9.42. The predicted molar refractivity (Wildman–Crippen MR) is 110 cm³/mol. The molecule has 1 unspecified atom stereocenters. The molecular weight excluding hydrogens is 350 g/mol. The minimum absolute atomic E-state index is 0.136. The highest BCUT2D eigenvalue weighted by molar-refractivity contribution is 5.97. The number of rotatable bonds is 11. The quantitative estimate of drug-likeness (QED) is 0.320. The molecule has 4 aliphatic carbocycles. The van der Waals surface area contributed by atoms with Gasteiger partial charge in [-0.1, -0.05) is 13.3 Å². The van der Waals surface area contributed by atoms with Gasteiger partial charge in [0.05, 0.1) is 0 Å². The summed E-state index contributed by atoms with van der Waals surface area (Å²) in [7, 11) is 0. The summed E-state index contributed by atoms with van der Waals surface area (Å²) in [6, 6.07) is 2.19. The third-order valence-electron chi connectivity index (χ3n) is 7.22. The van der Waals surface area contributed by atoms with E-state index in [9.17, 15) is 10.1 Å². The summed E-state index contributed by atoms with van der Waals surface area (Å²) in [4.78, 5) is 12.6. The Morgan fingerprint density at radius 1 is 1.18 bits per heavy atom. The third-order valence-corrected chi connectivity index (χ3v) is 7.22. The van der Waals surface area contributed by atoms with Crippen LogP contribution in [0.4, 0.5) is 0 Å². The SMILES string of the molecule is CCCCOCCCN/C=C(/C#N)C(=O)NC(C)C12CC3CC(CC(C3)C1)C2. The van der Waals surface area contributed by atoms with Crippen LogP contribution in [0.2, 0.25) is 0 Å². The van der Waals surface area contributed by atoms with E-state index in [-0.39, 0.29) is 22.9 Å². The van der Waals surface area contributed by atoms with E-state index in [1.54, 1.807) is 6.20 Å². The molecule has 0 radical (unpaired) electrons. The van der Waals surface area contributed by atoms with Crippen molar-refractivity contribution in [3.63, 3.8) is 0 Å². The zero-order valence-corrected chi connectivity index (χ0v) is 17.6. The van der Waals surface area contributed by atoms with Crippen molar-refractivity contribution in [3.8, 4) is 6.07 Å². The molecule has 28 heavy (non-hydrogen) atoms.